The summed E-state index contributed by atoms with van der Waals surface area (Å²) in [5.41, 5.74) is 0. The van der Waals surface area contributed by atoms with Gasteiger partial charge in [-0.15, -0.1) is 0 Å². The predicted octanol–water partition coefficient (Wildman–Crippen LogP) is 1.84. The number of halogens is 2. The molecule has 0 heterocycles. The SMILES string of the molecule is O=S(=O)(Cl)C1CCC(F)CC1. The van der Waals surface area contributed by atoms with Crippen molar-refractivity contribution in [1.82, 2.24) is 0 Å². The maximum atomic E-state index is 12.5. The summed E-state index contributed by atoms with van der Waals surface area (Å²) in [5, 5.41) is -0.517. The first-order valence-electron chi connectivity index (χ1n) is 3.57. The third kappa shape index (κ3) is 2.60. The summed E-state index contributed by atoms with van der Waals surface area (Å²) < 4.78 is 34.0. The van der Waals surface area contributed by atoms with Crippen LogP contribution in [-0.4, -0.2) is 19.8 Å². The molecule has 0 atom stereocenters. The lowest BCUT2D eigenvalue weighted by Gasteiger charge is -2.20. The monoisotopic (exact) mass is 200 g/mol. The highest BCUT2D eigenvalue weighted by Crippen LogP contribution is 2.27. The summed E-state index contributed by atoms with van der Waals surface area (Å²) in [7, 11) is 1.67. The van der Waals surface area contributed by atoms with Crippen LogP contribution in [0.3, 0.4) is 0 Å². The van der Waals surface area contributed by atoms with Crippen molar-refractivity contribution in [2.24, 2.45) is 0 Å². The smallest absolute Gasteiger partial charge is 0.235 e. The highest BCUT2D eigenvalue weighted by atomic mass is 35.7. The van der Waals surface area contributed by atoms with Gasteiger partial charge < -0.3 is 0 Å². The third-order valence-electron chi connectivity index (χ3n) is 2.00. The second-order valence-electron chi connectivity index (χ2n) is 2.85. The van der Waals surface area contributed by atoms with E-state index in [1.807, 2.05) is 0 Å². The second kappa shape index (κ2) is 3.27. The van der Waals surface area contributed by atoms with Gasteiger partial charge in [0.1, 0.15) is 6.17 Å². The Hall–Kier alpha value is 0.170. The molecule has 1 rings (SSSR count). The molecule has 0 aromatic heterocycles. The molecule has 0 saturated heterocycles. The lowest BCUT2D eigenvalue weighted by molar-refractivity contribution is 0.253. The van der Waals surface area contributed by atoms with E-state index >= 15 is 0 Å². The molecule has 1 aliphatic carbocycles. The van der Waals surface area contributed by atoms with Crippen molar-refractivity contribution in [2.75, 3.05) is 0 Å². The molecule has 5 heteroatoms. The van der Waals surface area contributed by atoms with Crippen LogP contribution in [0.15, 0.2) is 0 Å². The van der Waals surface area contributed by atoms with Crippen molar-refractivity contribution in [3.05, 3.63) is 0 Å². The van der Waals surface area contributed by atoms with Gasteiger partial charge in [0, 0.05) is 10.7 Å². The first kappa shape index (κ1) is 9.26. The lowest BCUT2D eigenvalue weighted by atomic mass is 9.99. The van der Waals surface area contributed by atoms with Crippen LogP contribution in [0.5, 0.6) is 0 Å². The first-order chi connectivity index (χ1) is 5.00. The van der Waals surface area contributed by atoms with Gasteiger partial charge in [-0.25, -0.2) is 12.8 Å². The summed E-state index contributed by atoms with van der Waals surface area (Å²) in [6.45, 7) is 0. The van der Waals surface area contributed by atoms with Crippen molar-refractivity contribution in [2.45, 2.75) is 37.1 Å². The fourth-order valence-electron chi connectivity index (χ4n) is 1.30. The summed E-state index contributed by atoms with van der Waals surface area (Å²) in [6, 6.07) is 0. The van der Waals surface area contributed by atoms with Crippen LogP contribution in [0.4, 0.5) is 4.39 Å². The minimum atomic E-state index is -3.44. The van der Waals surface area contributed by atoms with Gasteiger partial charge in [0.25, 0.3) is 0 Å². The molecular weight excluding hydrogens is 191 g/mol. The molecule has 0 aromatic carbocycles. The van der Waals surface area contributed by atoms with Crippen LogP contribution in [0.25, 0.3) is 0 Å². The van der Waals surface area contributed by atoms with Crippen LogP contribution in [0, 0.1) is 0 Å². The van der Waals surface area contributed by atoms with E-state index in [1.165, 1.54) is 0 Å². The zero-order valence-corrected chi connectivity index (χ0v) is 7.54. The van der Waals surface area contributed by atoms with Gasteiger partial charge in [-0.1, -0.05) is 0 Å². The Labute approximate surface area is 70.2 Å². The van der Waals surface area contributed by atoms with Crippen LogP contribution < -0.4 is 0 Å². The maximum Gasteiger partial charge on any atom is 0.235 e. The molecular formula is C6H10ClFO2S. The molecule has 0 aliphatic heterocycles. The Balaban J connectivity index is 2.53. The first-order valence-corrected chi connectivity index (χ1v) is 5.95. The second-order valence-corrected chi connectivity index (χ2v) is 5.76. The van der Waals surface area contributed by atoms with Gasteiger partial charge in [-0.3, -0.25) is 0 Å². The van der Waals surface area contributed by atoms with Crippen molar-refractivity contribution in [3.8, 4) is 0 Å². The Morgan fingerprint density at radius 2 is 1.64 bits per heavy atom. The Kier molecular flexibility index (Phi) is 2.75. The van der Waals surface area contributed by atoms with Crippen LogP contribution in [0.2, 0.25) is 0 Å². The molecule has 0 radical (unpaired) electrons. The molecule has 0 amide bonds. The Morgan fingerprint density at radius 1 is 1.18 bits per heavy atom. The van der Waals surface area contributed by atoms with Crippen molar-refractivity contribution in [1.29, 1.82) is 0 Å². The van der Waals surface area contributed by atoms with Gasteiger partial charge in [-0.05, 0) is 25.7 Å². The summed E-state index contributed by atoms with van der Waals surface area (Å²) in [5.74, 6) is 0. The minimum Gasteiger partial charge on any atom is -0.247 e. The molecule has 1 fully saturated rings. The number of hydrogen-bond donors (Lipinski definition) is 0. The minimum absolute atomic E-state index is 0.330. The zero-order chi connectivity index (χ0) is 8.48. The molecule has 11 heavy (non-hydrogen) atoms. The number of alkyl halides is 1. The molecule has 0 spiro atoms. The van der Waals surface area contributed by atoms with Gasteiger partial charge in [0.05, 0.1) is 5.25 Å². The van der Waals surface area contributed by atoms with E-state index in [0.29, 0.717) is 25.7 Å². The molecule has 0 unspecified atom stereocenters. The Bertz CT molecular complexity index is 219. The lowest BCUT2D eigenvalue weighted by Crippen LogP contribution is -2.24. The molecule has 0 bridgehead atoms. The van der Waals surface area contributed by atoms with E-state index in [-0.39, 0.29) is 0 Å². The average Bonchev–Trinajstić information content (AvgIpc) is 1.86. The van der Waals surface area contributed by atoms with E-state index in [2.05, 4.69) is 0 Å². The Morgan fingerprint density at radius 3 is 2.00 bits per heavy atom. The quantitative estimate of drug-likeness (QED) is 0.606. The summed E-state index contributed by atoms with van der Waals surface area (Å²) in [6.07, 6.45) is 0.567. The maximum absolute atomic E-state index is 12.5. The van der Waals surface area contributed by atoms with Crippen molar-refractivity contribution >= 4 is 19.7 Å². The highest BCUT2D eigenvalue weighted by Gasteiger charge is 2.28. The topological polar surface area (TPSA) is 34.1 Å². The predicted molar refractivity (Wildman–Crippen MR) is 41.9 cm³/mol. The van der Waals surface area contributed by atoms with Gasteiger partial charge in [-0.2, -0.15) is 0 Å². The average molecular weight is 201 g/mol. The molecule has 66 valence electrons. The fraction of sp³-hybridized carbons (Fsp3) is 1.00. The van der Waals surface area contributed by atoms with E-state index in [4.69, 9.17) is 10.7 Å². The number of rotatable bonds is 1. The van der Waals surface area contributed by atoms with E-state index in [0.717, 1.165) is 0 Å². The highest BCUT2D eigenvalue weighted by molar-refractivity contribution is 8.14. The van der Waals surface area contributed by atoms with E-state index in [9.17, 15) is 12.8 Å². The van der Waals surface area contributed by atoms with Crippen molar-refractivity contribution < 1.29 is 12.8 Å². The van der Waals surface area contributed by atoms with Crippen molar-refractivity contribution in [3.63, 3.8) is 0 Å². The zero-order valence-electron chi connectivity index (χ0n) is 5.96. The molecule has 2 nitrogen and oxygen atoms in total. The molecule has 1 saturated carbocycles. The van der Waals surface area contributed by atoms with Crippen LogP contribution >= 0.6 is 10.7 Å². The normalized spacial score (nSPS) is 33.6. The number of hydrogen-bond acceptors (Lipinski definition) is 2. The fourth-order valence-corrected chi connectivity index (χ4v) is 2.67. The van der Waals surface area contributed by atoms with E-state index < -0.39 is 20.5 Å². The largest absolute Gasteiger partial charge is 0.247 e. The van der Waals surface area contributed by atoms with Crippen LogP contribution in [0.1, 0.15) is 25.7 Å². The van der Waals surface area contributed by atoms with Gasteiger partial charge in [0.2, 0.25) is 9.05 Å². The summed E-state index contributed by atoms with van der Waals surface area (Å²) >= 11 is 0. The standard InChI is InChI=1S/C6H10ClFO2S/c7-11(9,10)6-3-1-5(8)2-4-6/h5-6H,1-4H2. The van der Waals surface area contributed by atoms with Crippen LogP contribution in [-0.2, 0) is 9.05 Å². The molecule has 1 aliphatic rings. The summed E-state index contributed by atoms with van der Waals surface area (Å²) in [4.78, 5) is 0. The van der Waals surface area contributed by atoms with E-state index in [1.54, 1.807) is 0 Å². The van der Waals surface area contributed by atoms with Gasteiger partial charge >= 0.3 is 0 Å². The molecule has 0 aromatic rings. The molecule has 0 N–H and O–H groups in total. The van der Waals surface area contributed by atoms with Gasteiger partial charge in [0.15, 0.2) is 0 Å². The third-order valence-corrected chi connectivity index (χ3v) is 4.03.